The number of aliphatic hydroxyl groups is 1. The third-order valence-corrected chi connectivity index (χ3v) is 2.00. The van der Waals surface area contributed by atoms with E-state index in [1.807, 2.05) is 0 Å². The van der Waals surface area contributed by atoms with Crippen molar-refractivity contribution in [3.05, 3.63) is 18.1 Å². The highest BCUT2D eigenvalue weighted by molar-refractivity contribution is 5.42. The molecule has 0 bridgehead atoms. The molecule has 1 aliphatic heterocycles. The second-order valence-electron chi connectivity index (χ2n) is 3.20. The van der Waals surface area contributed by atoms with E-state index in [1.54, 1.807) is 6.07 Å². The lowest BCUT2D eigenvalue weighted by molar-refractivity contribution is -0.0267. The summed E-state index contributed by atoms with van der Waals surface area (Å²) >= 11 is 0. The molecular formula is C8H9F2N3O. The van der Waals surface area contributed by atoms with Crippen LogP contribution in [0.5, 0.6) is 0 Å². The summed E-state index contributed by atoms with van der Waals surface area (Å²) in [6.07, 6.45) is 1.45. The lowest BCUT2D eigenvalue weighted by Crippen LogP contribution is -2.56. The van der Waals surface area contributed by atoms with E-state index in [-0.39, 0.29) is 25.5 Å². The molecule has 4 nitrogen and oxygen atoms in total. The molecule has 1 aromatic rings. The van der Waals surface area contributed by atoms with Crippen molar-refractivity contribution < 1.29 is 13.9 Å². The van der Waals surface area contributed by atoms with Gasteiger partial charge in [-0.2, -0.15) is 0 Å². The molecule has 0 unspecified atom stereocenters. The summed E-state index contributed by atoms with van der Waals surface area (Å²) in [4.78, 5) is 9.12. The summed E-state index contributed by atoms with van der Waals surface area (Å²) in [5.74, 6) is -1.92. The molecule has 0 aromatic carbocycles. The number of rotatable bonds is 2. The van der Waals surface area contributed by atoms with E-state index < -0.39 is 5.92 Å². The lowest BCUT2D eigenvalue weighted by atomic mass is 10.1. The van der Waals surface area contributed by atoms with Gasteiger partial charge in [0.2, 0.25) is 0 Å². The van der Waals surface area contributed by atoms with Gasteiger partial charge in [0.25, 0.3) is 5.92 Å². The normalized spacial score (nSPS) is 19.2. The first-order valence-electron chi connectivity index (χ1n) is 4.16. The van der Waals surface area contributed by atoms with Crippen LogP contribution in [0.15, 0.2) is 12.3 Å². The average Bonchev–Trinajstić information content (AvgIpc) is 2.14. The molecule has 2 rings (SSSR count). The molecule has 1 aliphatic rings. The van der Waals surface area contributed by atoms with Crippen LogP contribution in [0.25, 0.3) is 0 Å². The molecule has 76 valence electrons. The zero-order valence-corrected chi connectivity index (χ0v) is 7.32. The number of hydrogen-bond acceptors (Lipinski definition) is 4. The van der Waals surface area contributed by atoms with Crippen molar-refractivity contribution in [1.29, 1.82) is 0 Å². The SMILES string of the molecule is OCc1nccc(N2CC(F)(F)C2)n1. The van der Waals surface area contributed by atoms with Crippen molar-refractivity contribution in [2.45, 2.75) is 12.5 Å². The quantitative estimate of drug-likeness (QED) is 0.753. The molecule has 2 heterocycles. The summed E-state index contributed by atoms with van der Waals surface area (Å²) < 4.78 is 25.0. The van der Waals surface area contributed by atoms with Crippen LogP contribution >= 0.6 is 0 Å². The smallest absolute Gasteiger partial charge is 0.282 e. The summed E-state index contributed by atoms with van der Waals surface area (Å²) in [5, 5.41) is 8.75. The molecule has 6 heteroatoms. The summed E-state index contributed by atoms with van der Waals surface area (Å²) in [7, 11) is 0. The van der Waals surface area contributed by atoms with Gasteiger partial charge in [0.15, 0.2) is 5.82 Å². The molecule has 1 N–H and O–H groups in total. The molecule has 1 aromatic heterocycles. The second kappa shape index (κ2) is 3.13. The van der Waals surface area contributed by atoms with E-state index in [2.05, 4.69) is 9.97 Å². The Morgan fingerprint density at radius 3 is 2.79 bits per heavy atom. The Bertz CT molecular complexity index is 337. The maximum absolute atomic E-state index is 12.5. The van der Waals surface area contributed by atoms with E-state index in [9.17, 15) is 8.78 Å². The highest BCUT2D eigenvalue weighted by atomic mass is 19.3. The predicted octanol–water partition coefficient (Wildman–Crippen LogP) is 0.424. The number of hydrogen-bond donors (Lipinski definition) is 1. The van der Waals surface area contributed by atoms with Crippen LogP contribution in [0.3, 0.4) is 0 Å². The van der Waals surface area contributed by atoms with E-state index in [4.69, 9.17) is 5.11 Å². The first-order valence-corrected chi connectivity index (χ1v) is 4.16. The first-order chi connectivity index (χ1) is 6.61. The van der Waals surface area contributed by atoms with Crippen LogP contribution in [0.2, 0.25) is 0 Å². The van der Waals surface area contributed by atoms with E-state index in [0.29, 0.717) is 5.82 Å². The van der Waals surface area contributed by atoms with Crippen molar-refractivity contribution in [2.24, 2.45) is 0 Å². The predicted molar refractivity (Wildman–Crippen MR) is 45.1 cm³/mol. The molecule has 1 fully saturated rings. The molecule has 0 aliphatic carbocycles. The summed E-state index contributed by atoms with van der Waals surface area (Å²) in [6.45, 7) is -0.901. The number of alkyl halides is 2. The topological polar surface area (TPSA) is 49.3 Å². The van der Waals surface area contributed by atoms with Crippen LogP contribution in [-0.2, 0) is 6.61 Å². The zero-order valence-electron chi connectivity index (χ0n) is 7.32. The number of anilines is 1. The third-order valence-electron chi connectivity index (χ3n) is 2.00. The largest absolute Gasteiger partial charge is 0.388 e. The Morgan fingerprint density at radius 2 is 2.21 bits per heavy atom. The Kier molecular flexibility index (Phi) is 2.07. The van der Waals surface area contributed by atoms with Crippen LogP contribution in [0.1, 0.15) is 5.82 Å². The average molecular weight is 201 g/mol. The van der Waals surface area contributed by atoms with Gasteiger partial charge in [-0.15, -0.1) is 0 Å². The molecule has 0 saturated carbocycles. The molecule has 1 saturated heterocycles. The minimum absolute atomic E-state index is 0.248. The third kappa shape index (κ3) is 1.65. The highest BCUT2D eigenvalue weighted by Crippen LogP contribution is 2.30. The van der Waals surface area contributed by atoms with Gasteiger partial charge in [-0.25, -0.2) is 18.7 Å². The van der Waals surface area contributed by atoms with Gasteiger partial charge in [-0.1, -0.05) is 0 Å². The Morgan fingerprint density at radius 1 is 1.50 bits per heavy atom. The van der Waals surface area contributed by atoms with Gasteiger partial charge >= 0.3 is 0 Å². The Labute approximate surface area is 79.2 Å². The van der Waals surface area contributed by atoms with Crippen molar-refractivity contribution in [2.75, 3.05) is 18.0 Å². The van der Waals surface area contributed by atoms with Crippen molar-refractivity contribution in [3.63, 3.8) is 0 Å². The van der Waals surface area contributed by atoms with E-state index in [1.165, 1.54) is 11.1 Å². The van der Waals surface area contributed by atoms with Crippen molar-refractivity contribution in [3.8, 4) is 0 Å². The number of halogens is 2. The van der Waals surface area contributed by atoms with Gasteiger partial charge in [0.05, 0.1) is 13.1 Å². The monoisotopic (exact) mass is 201 g/mol. The molecule has 0 amide bonds. The maximum atomic E-state index is 12.5. The van der Waals surface area contributed by atoms with Crippen LogP contribution < -0.4 is 4.90 Å². The Balaban J connectivity index is 2.11. The van der Waals surface area contributed by atoms with Crippen LogP contribution in [-0.4, -0.2) is 34.1 Å². The lowest BCUT2D eigenvalue weighted by Gasteiger charge is -2.39. The number of aromatic nitrogens is 2. The fourth-order valence-corrected chi connectivity index (χ4v) is 1.31. The standard InChI is InChI=1S/C8H9F2N3O/c9-8(10)4-13(5-8)7-1-2-11-6(3-14)12-7/h1-2,14H,3-5H2. The highest BCUT2D eigenvalue weighted by Gasteiger charge is 2.44. The van der Waals surface area contributed by atoms with E-state index >= 15 is 0 Å². The molecule has 14 heavy (non-hydrogen) atoms. The van der Waals surface area contributed by atoms with Gasteiger partial charge in [-0.3, -0.25) is 0 Å². The van der Waals surface area contributed by atoms with Gasteiger partial charge in [0.1, 0.15) is 12.4 Å². The van der Waals surface area contributed by atoms with Gasteiger partial charge < -0.3 is 10.0 Å². The number of aliphatic hydroxyl groups excluding tert-OH is 1. The molecule has 0 spiro atoms. The second-order valence-corrected chi connectivity index (χ2v) is 3.20. The van der Waals surface area contributed by atoms with Crippen LogP contribution in [0, 0.1) is 0 Å². The minimum atomic E-state index is -2.61. The van der Waals surface area contributed by atoms with Gasteiger partial charge in [0, 0.05) is 6.20 Å². The van der Waals surface area contributed by atoms with E-state index in [0.717, 1.165) is 0 Å². The van der Waals surface area contributed by atoms with Crippen LogP contribution in [0.4, 0.5) is 14.6 Å². The van der Waals surface area contributed by atoms with Gasteiger partial charge in [-0.05, 0) is 6.07 Å². The fourth-order valence-electron chi connectivity index (χ4n) is 1.31. The summed E-state index contributed by atoms with van der Waals surface area (Å²) in [6, 6.07) is 1.55. The first kappa shape index (κ1) is 9.26. The molecule has 0 radical (unpaired) electrons. The zero-order chi connectivity index (χ0) is 10.2. The Hall–Kier alpha value is -1.30. The number of nitrogens with zero attached hydrogens (tertiary/aromatic N) is 3. The maximum Gasteiger partial charge on any atom is 0.282 e. The van der Waals surface area contributed by atoms with Crippen molar-refractivity contribution in [1.82, 2.24) is 9.97 Å². The molecular weight excluding hydrogens is 192 g/mol. The summed E-state index contributed by atoms with van der Waals surface area (Å²) in [5.41, 5.74) is 0. The van der Waals surface area contributed by atoms with Crippen molar-refractivity contribution >= 4 is 5.82 Å². The molecule has 0 atom stereocenters. The fraction of sp³-hybridized carbons (Fsp3) is 0.500. The minimum Gasteiger partial charge on any atom is -0.388 e.